The van der Waals surface area contributed by atoms with Crippen LogP contribution in [-0.4, -0.2) is 25.9 Å². The lowest BCUT2D eigenvalue weighted by Gasteiger charge is -2.09. The zero-order valence-corrected chi connectivity index (χ0v) is 13.7. The highest BCUT2D eigenvalue weighted by molar-refractivity contribution is 7.73. The molecule has 0 unspecified atom stereocenters. The summed E-state index contributed by atoms with van der Waals surface area (Å²) >= 11 is 6.24. The zero-order chi connectivity index (χ0) is 15.7. The monoisotopic (exact) mass is 334 g/mol. The third-order valence-electron chi connectivity index (χ3n) is 2.95. The highest BCUT2D eigenvalue weighted by Gasteiger charge is 2.10. The Bertz CT molecular complexity index is 909. The van der Waals surface area contributed by atoms with Crippen molar-refractivity contribution in [3.63, 3.8) is 0 Å². The van der Waals surface area contributed by atoms with Crippen LogP contribution in [-0.2, 0) is 6.42 Å². The summed E-state index contributed by atoms with van der Waals surface area (Å²) in [5.41, 5.74) is 1.12. The summed E-state index contributed by atoms with van der Waals surface area (Å²) in [7, 11) is 0. The minimum atomic E-state index is -0.222. The summed E-state index contributed by atoms with van der Waals surface area (Å²) in [6.07, 6.45) is 0.540. The van der Waals surface area contributed by atoms with Gasteiger partial charge in [0.05, 0.1) is 6.10 Å². The van der Waals surface area contributed by atoms with E-state index in [0.29, 0.717) is 21.0 Å². The van der Waals surface area contributed by atoms with Crippen LogP contribution in [0.15, 0.2) is 29.1 Å². The van der Waals surface area contributed by atoms with E-state index in [1.807, 2.05) is 38.1 Å². The van der Waals surface area contributed by atoms with Crippen molar-refractivity contribution in [3.05, 3.63) is 49.8 Å². The molecule has 22 heavy (non-hydrogen) atoms. The molecule has 0 aliphatic rings. The Morgan fingerprint density at radius 3 is 2.73 bits per heavy atom. The molecule has 3 rings (SSSR count). The molecule has 0 saturated heterocycles. The van der Waals surface area contributed by atoms with Gasteiger partial charge in [0.15, 0.2) is 3.95 Å². The van der Waals surface area contributed by atoms with E-state index < -0.39 is 0 Å². The number of benzene rings is 1. The van der Waals surface area contributed by atoms with Gasteiger partial charge in [0.2, 0.25) is 4.96 Å². The van der Waals surface area contributed by atoms with Gasteiger partial charge in [0.25, 0.3) is 5.56 Å². The number of hydrogen-bond donors (Lipinski definition) is 1. The van der Waals surface area contributed by atoms with E-state index in [2.05, 4.69) is 15.3 Å². The fraction of sp³-hybridized carbons (Fsp3) is 0.286. The second-order valence-corrected chi connectivity index (χ2v) is 6.70. The molecular weight excluding hydrogens is 320 g/mol. The minimum Gasteiger partial charge on any atom is -0.491 e. The Morgan fingerprint density at radius 2 is 2.05 bits per heavy atom. The van der Waals surface area contributed by atoms with Crippen molar-refractivity contribution in [2.45, 2.75) is 26.4 Å². The Kier molecular flexibility index (Phi) is 4.04. The second-order valence-electron chi connectivity index (χ2n) is 5.06. The number of aromatic nitrogens is 4. The minimum absolute atomic E-state index is 0.130. The van der Waals surface area contributed by atoms with Gasteiger partial charge in [-0.15, -0.1) is 10.2 Å². The van der Waals surface area contributed by atoms with E-state index in [-0.39, 0.29) is 11.7 Å². The van der Waals surface area contributed by atoms with E-state index in [1.54, 1.807) is 0 Å². The SMILES string of the molecule is CC(C)Oc1ccc(Cc2nnc3sc(=S)[nH]n3c2=O)cc1. The maximum atomic E-state index is 12.3. The van der Waals surface area contributed by atoms with Gasteiger partial charge >= 0.3 is 0 Å². The molecule has 0 saturated carbocycles. The normalized spacial score (nSPS) is 11.2. The van der Waals surface area contributed by atoms with Crippen LogP contribution in [0.5, 0.6) is 5.75 Å². The number of rotatable bonds is 4. The van der Waals surface area contributed by atoms with E-state index in [0.717, 1.165) is 11.3 Å². The van der Waals surface area contributed by atoms with Crippen LogP contribution in [0.4, 0.5) is 0 Å². The van der Waals surface area contributed by atoms with E-state index in [9.17, 15) is 4.79 Å². The Morgan fingerprint density at radius 1 is 1.32 bits per heavy atom. The number of fused-ring (bicyclic) bond motifs is 1. The molecule has 0 fully saturated rings. The van der Waals surface area contributed by atoms with Gasteiger partial charge in [-0.1, -0.05) is 23.5 Å². The predicted molar refractivity (Wildman–Crippen MR) is 87.3 cm³/mol. The molecule has 0 spiro atoms. The van der Waals surface area contributed by atoms with Gasteiger partial charge in [0, 0.05) is 6.42 Å². The fourth-order valence-electron chi connectivity index (χ4n) is 2.03. The van der Waals surface area contributed by atoms with Gasteiger partial charge in [-0.25, -0.2) is 0 Å². The summed E-state index contributed by atoms with van der Waals surface area (Å²) in [5, 5.41) is 10.8. The second kappa shape index (κ2) is 5.98. The van der Waals surface area contributed by atoms with Crippen molar-refractivity contribution in [1.29, 1.82) is 0 Å². The first kappa shape index (κ1) is 14.9. The topological polar surface area (TPSA) is 72.3 Å². The first-order chi connectivity index (χ1) is 10.5. The van der Waals surface area contributed by atoms with Gasteiger partial charge in [0.1, 0.15) is 11.4 Å². The summed E-state index contributed by atoms with van der Waals surface area (Å²) in [6.45, 7) is 3.95. The van der Waals surface area contributed by atoms with E-state index in [1.165, 1.54) is 15.9 Å². The molecule has 3 aromatic rings. The molecule has 0 bridgehead atoms. The van der Waals surface area contributed by atoms with Gasteiger partial charge in [-0.3, -0.25) is 9.89 Å². The van der Waals surface area contributed by atoms with E-state index in [4.69, 9.17) is 17.0 Å². The van der Waals surface area contributed by atoms with Gasteiger partial charge in [-0.05, 0) is 43.8 Å². The van der Waals surface area contributed by atoms with Gasteiger partial charge < -0.3 is 4.74 Å². The average molecular weight is 334 g/mol. The predicted octanol–water partition coefficient (Wildman–Crippen LogP) is 2.59. The molecule has 8 heteroatoms. The molecule has 1 N–H and O–H groups in total. The lowest BCUT2D eigenvalue weighted by molar-refractivity contribution is 0.242. The smallest absolute Gasteiger partial charge is 0.295 e. The highest BCUT2D eigenvalue weighted by Crippen LogP contribution is 2.15. The maximum Gasteiger partial charge on any atom is 0.295 e. The van der Waals surface area contributed by atoms with Crippen LogP contribution in [0, 0.1) is 3.95 Å². The number of nitrogens with zero attached hydrogens (tertiary/aromatic N) is 3. The summed E-state index contributed by atoms with van der Waals surface area (Å²) < 4.78 is 7.43. The third kappa shape index (κ3) is 3.07. The Hall–Kier alpha value is -2.06. The van der Waals surface area contributed by atoms with Crippen LogP contribution < -0.4 is 10.3 Å². The largest absolute Gasteiger partial charge is 0.491 e. The lowest BCUT2D eigenvalue weighted by Crippen LogP contribution is -2.22. The zero-order valence-electron chi connectivity index (χ0n) is 12.1. The molecule has 0 aliphatic carbocycles. The first-order valence-corrected chi connectivity index (χ1v) is 7.98. The van der Waals surface area contributed by atoms with Crippen LogP contribution in [0.1, 0.15) is 25.1 Å². The molecule has 1 aromatic carbocycles. The van der Waals surface area contributed by atoms with Crippen molar-refractivity contribution in [2.24, 2.45) is 0 Å². The van der Waals surface area contributed by atoms with Crippen molar-refractivity contribution < 1.29 is 4.74 Å². The molecule has 2 aromatic heterocycles. The van der Waals surface area contributed by atoms with Crippen molar-refractivity contribution in [2.75, 3.05) is 0 Å². The molecule has 0 aliphatic heterocycles. The molecular formula is C14H14N4O2S2. The van der Waals surface area contributed by atoms with Gasteiger partial charge in [-0.2, -0.15) is 4.52 Å². The van der Waals surface area contributed by atoms with Crippen molar-refractivity contribution >= 4 is 28.5 Å². The summed E-state index contributed by atoms with van der Waals surface area (Å²) in [5.74, 6) is 0.805. The summed E-state index contributed by atoms with van der Waals surface area (Å²) in [4.78, 5) is 12.8. The fourth-order valence-corrected chi connectivity index (χ4v) is 2.95. The molecule has 6 nitrogen and oxygen atoms in total. The quantitative estimate of drug-likeness (QED) is 0.743. The van der Waals surface area contributed by atoms with Crippen LogP contribution in [0.3, 0.4) is 0 Å². The number of hydrogen-bond acceptors (Lipinski definition) is 6. The summed E-state index contributed by atoms with van der Waals surface area (Å²) in [6, 6.07) is 7.61. The standard InChI is InChI=1S/C14H14N4O2S2/c1-8(2)20-10-5-3-9(4-6-10)7-11-12(19)18-13(16-15-11)22-14(21)17-18/h3-6,8H,7H2,1-2H3,(H,17,21). The van der Waals surface area contributed by atoms with Crippen molar-refractivity contribution in [3.8, 4) is 5.75 Å². The lowest BCUT2D eigenvalue weighted by atomic mass is 10.1. The Balaban J connectivity index is 1.88. The van der Waals surface area contributed by atoms with Crippen LogP contribution >= 0.6 is 23.6 Å². The Labute approximate surface area is 135 Å². The number of ether oxygens (including phenoxy) is 1. The number of H-pyrrole nitrogens is 1. The van der Waals surface area contributed by atoms with E-state index >= 15 is 0 Å². The highest BCUT2D eigenvalue weighted by atomic mass is 32.1. The molecule has 0 radical (unpaired) electrons. The maximum absolute atomic E-state index is 12.3. The van der Waals surface area contributed by atoms with Crippen molar-refractivity contribution in [1.82, 2.24) is 19.8 Å². The number of nitrogens with one attached hydrogen (secondary N) is 1. The average Bonchev–Trinajstić information content (AvgIpc) is 2.85. The molecule has 2 heterocycles. The molecule has 0 atom stereocenters. The molecule has 114 valence electrons. The molecule has 0 amide bonds. The third-order valence-corrected chi connectivity index (χ3v) is 4.02. The number of aromatic amines is 1. The first-order valence-electron chi connectivity index (χ1n) is 6.76. The van der Waals surface area contributed by atoms with Crippen LogP contribution in [0.2, 0.25) is 0 Å². The van der Waals surface area contributed by atoms with Crippen LogP contribution in [0.25, 0.3) is 4.96 Å².